The summed E-state index contributed by atoms with van der Waals surface area (Å²) in [5.41, 5.74) is -4.10. The van der Waals surface area contributed by atoms with Crippen molar-refractivity contribution in [1.29, 1.82) is 0 Å². The number of anilines is 2. The van der Waals surface area contributed by atoms with Gasteiger partial charge < -0.3 is 9.64 Å². The van der Waals surface area contributed by atoms with Crippen molar-refractivity contribution in [3.05, 3.63) is 88.2 Å². The second kappa shape index (κ2) is 12.2. The average Bonchev–Trinajstić information content (AvgIpc) is 3.09. The number of hydrogen-bond acceptors (Lipinski definition) is 4. The highest BCUT2D eigenvalue weighted by molar-refractivity contribution is 5.89. The molecule has 1 unspecified atom stereocenters. The van der Waals surface area contributed by atoms with E-state index in [-0.39, 0.29) is 47.8 Å². The summed E-state index contributed by atoms with van der Waals surface area (Å²) in [7, 11) is 0. The van der Waals surface area contributed by atoms with Gasteiger partial charge in [0.25, 0.3) is 0 Å². The van der Waals surface area contributed by atoms with Gasteiger partial charge in [0.05, 0.1) is 46.4 Å². The molecule has 0 fully saturated rings. The highest BCUT2D eigenvalue weighted by Gasteiger charge is 2.40. The average molecular weight is 634 g/mol. The minimum atomic E-state index is -5.08. The quantitative estimate of drug-likeness (QED) is 0.263. The van der Waals surface area contributed by atoms with E-state index >= 15 is 0 Å². The van der Waals surface area contributed by atoms with Crippen LogP contribution in [0.2, 0.25) is 0 Å². The third kappa shape index (κ3) is 7.39. The number of carbonyl (C=O) groups is 1. The van der Waals surface area contributed by atoms with Gasteiger partial charge in [-0.3, -0.25) is 9.88 Å². The first-order chi connectivity index (χ1) is 20.4. The minimum Gasteiger partial charge on any atom is -0.446 e. The number of halogens is 9. The van der Waals surface area contributed by atoms with Crippen LogP contribution in [-0.2, 0) is 29.8 Å². The van der Waals surface area contributed by atoms with Crippen LogP contribution in [-0.4, -0.2) is 23.7 Å². The molecule has 0 bridgehead atoms. The summed E-state index contributed by atoms with van der Waals surface area (Å²) in [6.07, 6.45) is -13.2. The van der Waals surface area contributed by atoms with Crippen LogP contribution < -0.4 is 9.80 Å². The summed E-state index contributed by atoms with van der Waals surface area (Å²) in [4.78, 5) is 19.7. The first-order valence-corrected chi connectivity index (χ1v) is 13.5. The highest BCUT2D eigenvalue weighted by atomic mass is 19.4. The van der Waals surface area contributed by atoms with E-state index in [1.165, 1.54) is 42.4 Å². The summed E-state index contributed by atoms with van der Waals surface area (Å²) in [6, 6.07) is 5.50. The molecule has 0 radical (unpaired) electrons. The highest BCUT2D eigenvalue weighted by Crippen LogP contribution is 2.45. The molecule has 0 spiro atoms. The van der Waals surface area contributed by atoms with Crippen molar-refractivity contribution < 1.29 is 49.0 Å². The smallest absolute Gasteiger partial charge is 0.416 e. The number of aryl methyl sites for hydroxylation is 1. The molecule has 3 aromatic rings. The molecule has 2 aromatic carbocycles. The fourth-order valence-electron chi connectivity index (χ4n) is 5.23. The van der Waals surface area contributed by atoms with Crippen LogP contribution in [0.25, 0.3) is 0 Å². The number of amides is 1. The zero-order valence-electron chi connectivity index (χ0n) is 23.7. The lowest BCUT2D eigenvalue weighted by Crippen LogP contribution is -2.34. The summed E-state index contributed by atoms with van der Waals surface area (Å²) in [6.45, 7) is 3.85. The third-order valence-electron chi connectivity index (χ3n) is 7.10. The van der Waals surface area contributed by atoms with Crippen LogP contribution in [0.1, 0.15) is 66.1 Å². The number of alkyl halides is 9. The molecule has 44 heavy (non-hydrogen) atoms. The van der Waals surface area contributed by atoms with Gasteiger partial charge in [-0.2, -0.15) is 39.5 Å². The Labute approximate surface area is 247 Å². The molecule has 1 aliphatic rings. The van der Waals surface area contributed by atoms with Crippen LogP contribution in [0.3, 0.4) is 0 Å². The largest absolute Gasteiger partial charge is 0.446 e. The van der Waals surface area contributed by atoms with Gasteiger partial charge in [0, 0.05) is 19.3 Å². The number of carbonyl (C=O) groups excluding carboxylic acids is 1. The van der Waals surface area contributed by atoms with E-state index in [9.17, 15) is 44.3 Å². The summed E-state index contributed by atoms with van der Waals surface area (Å²) in [5.74, 6) is 0. The van der Waals surface area contributed by atoms with Gasteiger partial charge in [0.1, 0.15) is 0 Å². The van der Waals surface area contributed by atoms with Crippen molar-refractivity contribution in [2.45, 2.75) is 70.8 Å². The van der Waals surface area contributed by atoms with E-state index in [0.717, 1.165) is 11.0 Å². The lowest BCUT2D eigenvalue weighted by molar-refractivity contribution is -0.143. The number of nitrogens with zero attached hydrogens (tertiary/aromatic N) is 3. The molecule has 0 N–H and O–H groups in total. The Bertz CT molecular complexity index is 1450. The van der Waals surface area contributed by atoms with Crippen LogP contribution in [0.15, 0.2) is 54.9 Å². The predicted octanol–water partition coefficient (Wildman–Crippen LogP) is 9.34. The first kappa shape index (κ1) is 32.9. The Morgan fingerprint density at radius 3 is 2.14 bits per heavy atom. The second-order valence-corrected chi connectivity index (χ2v) is 10.7. The fourth-order valence-corrected chi connectivity index (χ4v) is 5.23. The molecule has 1 amide bonds. The molecule has 2 heterocycles. The molecular formula is C30H28F9N3O2. The number of fused-ring (bicyclic) bond motifs is 1. The molecule has 0 saturated carbocycles. The molecule has 0 aliphatic carbocycles. The maximum absolute atomic E-state index is 14.0. The van der Waals surface area contributed by atoms with E-state index in [0.29, 0.717) is 17.8 Å². The van der Waals surface area contributed by atoms with Crippen LogP contribution in [0, 0.1) is 6.92 Å². The topological polar surface area (TPSA) is 45.7 Å². The van der Waals surface area contributed by atoms with E-state index in [1.54, 1.807) is 13.8 Å². The lowest BCUT2D eigenvalue weighted by atomic mass is 9.94. The summed E-state index contributed by atoms with van der Waals surface area (Å²) in [5, 5.41) is 0. The number of benzene rings is 2. The van der Waals surface area contributed by atoms with E-state index in [4.69, 9.17) is 4.74 Å². The number of aromatic nitrogens is 1. The maximum Gasteiger partial charge on any atom is 0.416 e. The third-order valence-corrected chi connectivity index (χ3v) is 7.10. The minimum absolute atomic E-state index is 0.0269. The number of rotatable bonds is 5. The van der Waals surface area contributed by atoms with Crippen molar-refractivity contribution in [3.63, 3.8) is 0 Å². The van der Waals surface area contributed by atoms with Crippen molar-refractivity contribution in [3.8, 4) is 0 Å². The molecule has 1 aliphatic heterocycles. The molecule has 5 nitrogen and oxygen atoms in total. The molecule has 1 atom stereocenters. The Balaban J connectivity index is 1.93. The van der Waals surface area contributed by atoms with Gasteiger partial charge in [-0.15, -0.1) is 0 Å². The molecule has 14 heteroatoms. The zero-order chi connectivity index (χ0) is 32.6. The van der Waals surface area contributed by atoms with Gasteiger partial charge in [0.15, 0.2) is 0 Å². The van der Waals surface area contributed by atoms with Crippen molar-refractivity contribution >= 4 is 17.5 Å². The van der Waals surface area contributed by atoms with Crippen molar-refractivity contribution in [2.24, 2.45) is 0 Å². The standard InChI is InChI=1S/C30H28F9N3O2/c1-17(2)44-27(43)41-9-5-7-25(23-10-18(3)24(14-26(23)41)30(37,38)39)42(22-6-4-8-40-15-22)16-19-11-20(28(31,32)33)13-21(12-19)29(34,35)36/h4,6,8,10-15,17,25H,5,7,9,16H2,1-3H3. The molecule has 0 saturated heterocycles. The summed E-state index contributed by atoms with van der Waals surface area (Å²) >= 11 is 0. The molecule has 1 aromatic heterocycles. The molecule has 238 valence electrons. The van der Waals surface area contributed by atoms with Gasteiger partial charge in [-0.25, -0.2) is 4.79 Å². The molecular weight excluding hydrogens is 605 g/mol. The van der Waals surface area contributed by atoms with Gasteiger partial charge in [-0.05, 0) is 86.7 Å². The lowest BCUT2D eigenvalue weighted by Gasteiger charge is -2.35. The van der Waals surface area contributed by atoms with Crippen molar-refractivity contribution in [2.75, 3.05) is 16.3 Å². The Morgan fingerprint density at radius 2 is 1.61 bits per heavy atom. The monoisotopic (exact) mass is 633 g/mol. The summed E-state index contributed by atoms with van der Waals surface area (Å²) < 4.78 is 129. The van der Waals surface area contributed by atoms with Gasteiger partial charge in [-0.1, -0.05) is 6.07 Å². The Morgan fingerprint density at radius 1 is 0.977 bits per heavy atom. The SMILES string of the molecule is Cc1cc2c(cc1C(F)(F)F)N(C(=O)OC(C)C)CCCC2N(Cc1cc(C(F)(F)F)cc(C(F)(F)F)c1)c1cccnc1. The Kier molecular flexibility index (Phi) is 9.13. The van der Waals surface area contributed by atoms with Crippen LogP contribution in [0.4, 0.5) is 55.7 Å². The van der Waals surface area contributed by atoms with Crippen LogP contribution >= 0.6 is 0 Å². The Hall–Kier alpha value is -3.97. The van der Waals surface area contributed by atoms with Gasteiger partial charge in [0.2, 0.25) is 0 Å². The van der Waals surface area contributed by atoms with Crippen LogP contribution in [0.5, 0.6) is 0 Å². The fraction of sp³-hybridized carbons (Fsp3) is 0.400. The maximum atomic E-state index is 14.0. The van der Waals surface area contributed by atoms with E-state index < -0.39 is 60.0 Å². The molecule has 4 rings (SSSR count). The van der Waals surface area contributed by atoms with E-state index in [1.807, 2.05) is 0 Å². The first-order valence-electron chi connectivity index (χ1n) is 13.5. The normalized spacial score (nSPS) is 16.0. The van der Waals surface area contributed by atoms with Gasteiger partial charge >= 0.3 is 24.6 Å². The number of hydrogen-bond donors (Lipinski definition) is 0. The number of ether oxygens (including phenoxy) is 1. The predicted molar refractivity (Wildman–Crippen MR) is 144 cm³/mol. The van der Waals surface area contributed by atoms with Crippen molar-refractivity contribution in [1.82, 2.24) is 4.98 Å². The second-order valence-electron chi connectivity index (χ2n) is 10.7. The van der Waals surface area contributed by atoms with E-state index in [2.05, 4.69) is 4.98 Å². The number of pyridine rings is 1. The zero-order valence-corrected chi connectivity index (χ0v) is 23.7.